The number of halogens is 2. The smallest absolute Gasteiger partial charge is 0.267 e. The van der Waals surface area contributed by atoms with Crippen molar-refractivity contribution >= 4 is 5.91 Å². The molecule has 0 bridgehead atoms. The van der Waals surface area contributed by atoms with E-state index >= 15 is 0 Å². The number of carbonyl (C=O) groups excluding carboxylic acids is 1. The van der Waals surface area contributed by atoms with Crippen molar-refractivity contribution in [2.75, 3.05) is 13.2 Å². The molecule has 0 unspecified atom stereocenters. The summed E-state index contributed by atoms with van der Waals surface area (Å²) in [6.07, 6.45) is 1.38. The van der Waals surface area contributed by atoms with Crippen LogP contribution in [-0.2, 0) is 0 Å². The van der Waals surface area contributed by atoms with Gasteiger partial charge in [-0.3, -0.25) is 4.79 Å². The summed E-state index contributed by atoms with van der Waals surface area (Å²) in [6.45, 7) is 0.326. The third-order valence-electron chi connectivity index (χ3n) is 3.68. The Kier molecular flexibility index (Phi) is 5.61. The number of carbonyl (C=O) groups is 1. The molecule has 5 nitrogen and oxygen atoms in total. The van der Waals surface area contributed by atoms with E-state index in [1.54, 1.807) is 24.3 Å². The van der Waals surface area contributed by atoms with Crippen LogP contribution in [-0.4, -0.2) is 24.1 Å². The van der Waals surface area contributed by atoms with E-state index in [2.05, 4.69) is 4.98 Å². The lowest BCUT2D eigenvalue weighted by Gasteiger charge is -2.13. The van der Waals surface area contributed by atoms with Gasteiger partial charge in [0, 0.05) is 11.6 Å². The van der Waals surface area contributed by atoms with E-state index in [-0.39, 0.29) is 24.7 Å². The van der Waals surface area contributed by atoms with Crippen LogP contribution in [0.5, 0.6) is 11.5 Å². The minimum atomic E-state index is -0.681. The molecular formula is C20H16F2N2O3. The van der Waals surface area contributed by atoms with Crippen molar-refractivity contribution in [3.05, 3.63) is 78.1 Å². The normalized spacial score (nSPS) is 10.4. The molecule has 138 valence electrons. The van der Waals surface area contributed by atoms with Crippen LogP contribution in [0.15, 0.2) is 60.8 Å². The summed E-state index contributed by atoms with van der Waals surface area (Å²) in [6, 6.07) is 13.0. The molecule has 0 fully saturated rings. The van der Waals surface area contributed by atoms with E-state index in [1.807, 2.05) is 0 Å². The van der Waals surface area contributed by atoms with Crippen molar-refractivity contribution in [3.63, 3.8) is 0 Å². The average Bonchev–Trinajstić information content (AvgIpc) is 2.66. The van der Waals surface area contributed by atoms with Crippen molar-refractivity contribution in [1.82, 2.24) is 4.98 Å². The number of nitrogens with two attached hydrogens (primary N) is 1. The molecule has 0 aliphatic heterocycles. The molecule has 0 saturated carbocycles. The summed E-state index contributed by atoms with van der Waals surface area (Å²) in [5.41, 5.74) is 6.53. The Morgan fingerprint density at radius 3 is 2.41 bits per heavy atom. The molecule has 0 aliphatic rings. The highest BCUT2D eigenvalue weighted by molar-refractivity contribution is 5.92. The van der Waals surface area contributed by atoms with E-state index in [1.165, 1.54) is 36.5 Å². The quantitative estimate of drug-likeness (QED) is 0.645. The van der Waals surface area contributed by atoms with Gasteiger partial charge in [-0.2, -0.15) is 0 Å². The zero-order valence-corrected chi connectivity index (χ0v) is 14.2. The van der Waals surface area contributed by atoms with Crippen LogP contribution in [0, 0.1) is 11.6 Å². The van der Waals surface area contributed by atoms with Gasteiger partial charge in [0.25, 0.3) is 5.91 Å². The van der Waals surface area contributed by atoms with Crippen LogP contribution in [0.3, 0.4) is 0 Å². The van der Waals surface area contributed by atoms with Crippen LogP contribution < -0.4 is 15.2 Å². The van der Waals surface area contributed by atoms with Crippen molar-refractivity contribution in [1.29, 1.82) is 0 Å². The molecule has 0 atom stereocenters. The lowest BCUT2D eigenvalue weighted by molar-refractivity contribution is 0.0995. The van der Waals surface area contributed by atoms with Crippen LogP contribution in [0.4, 0.5) is 8.78 Å². The summed E-state index contributed by atoms with van der Waals surface area (Å²) in [5.74, 6) is -0.680. The first-order chi connectivity index (χ1) is 13.0. The number of benzene rings is 2. The maximum absolute atomic E-state index is 13.2. The van der Waals surface area contributed by atoms with Crippen LogP contribution in [0.25, 0.3) is 11.1 Å². The Morgan fingerprint density at radius 1 is 0.963 bits per heavy atom. The molecule has 2 aromatic carbocycles. The molecule has 7 heteroatoms. The third kappa shape index (κ3) is 4.78. The van der Waals surface area contributed by atoms with Crippen LogP contribution in [0.2, 0.25) is 0 Å². The average molecular weight is 370 g/mol. The molecule has 1 heterocycles. The molecule has 1 amide bonds. The monoisotopic (exact) mass is 370 g/mol. The van der Waals surface area contributed by atoms with E-state index in [4.69, 9.17) is 15.2 Å². The lowest BCUT2D eigenvalue weighted by atomic mass is 10.0. The second kappa shape index (κ2) is 8.27. The van der Waals surface area contributed by atoms with E-state index < -0.39 is 11.7 Å². The number of rotatable bonds is 7. The molecule has 27 heavy (non-hydrogen) atoms. The van der Waals surface area contributed by atoms with Gasteiger partial charge in [-0.15, -0.1) is 0 Å². The first kappa shape index (κ1) is 18.3. The van der Waals surface area contributed by atoms with Crippen LogP contribution in [0.1, 0.15) is 10.5 Å². The molecule has 3 rings (SSSR count). The summed E-state index contributed by atoms with van der Waals surface area (Å²) in [7, 11) is 0. The number of nitrogens with zero attached hydrogens (tertiary/aromatic N) is 1. The Balaban J connectivity index is 1.74. The van der Waals surface area contributed by atoms with Crippen molar-refractivity contribution in [2.45, 2.75) is 0 Å². The number of hydrogen-bond acceptors (Lipinski definition) is 4. The maximum atomic E-state index is 13.2. The Morgan fingerprint density at radius 2 is 1.70 bits per heavy atom. The van der Waals surface area contributed by atoms with Gasteiger partial charge in [-0.05, 0) is 35.9 Å². The van der Waals surface area contributed by atoms with Gasteiger partial charge in [-0.1, -0.05) is 18.2 Å². The standard InChI is InChI=1S/C20H16F2N2O3/c21-14-6-4-13(5-7-14)17-11-18(20(23)25)24-12-19(17)27-9-8-26-16-3-1-2-15(22)10-16/h1-7,10-12H,8-9H2,(H2,23,25). The first-order valence-corrected chi connectivity index (χ1v) is 8.10. The Bertz CT molecular complexity index is 946. The molecule has 3 aromatic rings. The van der Waals surface area contributed by atoms with Gasteiger partial charge in [0.15, 0.2) is 0 Å². The fourth-order valence-corrected chi connectivity index (χ4v) is 2.42. The molecular weight excluding hydrogens is 354 g/mol. The number of pyridine rings is 1. The summed E-state index contributed by atoms with van der Waals surface area (Å²) >= 11 is 0. The van der Waals surface area contributed by atoms with E-state index in [9.17, 15) is 13.6 Å². The fourth-order valence-electron chi connectivity index (χ4n) is 2.42. The number of aromatic nitrogens is 1. The van der Waals surface area contributed by atoms with Gasteiger partial charge in [0.1, 0.15) is 42.0 Å². The molecule has 2 N–H and O–H groups in total. The highest BCUT2D eigenvalue weighted by atomic mass is 19.1. The first-order valence-electron chi connectivity index (χ1n) is 8.10. The highest BCUT2D eigenvalue weighted by Gasteiger charge is 2.12. The molecule has 0 spiro atoms. The van der Waals surface area contributed by atoms with Gasteiger partial charge in [0.2, 0.25) is 0 Å². The van der Waals surface area contributed by atoms with E-state index in [0.29, 0.717) is 22.6 Å². The molecule has 0 radical (unpaired) electrons. The number of amides is 1. The minimum Gasteiger partial charge on any atom is -0.490 e. The highest BCUT2D eigenvalue weighted by Crippen LogP contribution is 2.30. The van der Waals surface area contributed by atoms with Crippen molar-refractivity contribution in [3.8, 4) is 22.6 Å². The fraction of sp³-hybridized carbons (Fsp3) is 0.100. The number of ether oxygens (including phenoxy) is 2. The zero-order chi connectivity index (χ0) is 19.2. The van der Waals surface area contributed by atoms with Crippen LogP contribution >= 0.6 is 0 Å². The second-order valence-electron chi connectivity index (χ2n) is 5.59. The molecule has 1 aromatic heterocycles. The van der Waals surface area contributed by atoms with Gasteiger partial charge in [0.05, 0.1) is 6.20 Å². The van der Waals surface area contributed by atoms with Crippen molar-refractivity contribution < 1.29 is 23.0 Å². The third-order valence-corrected chi connectivity index (χ3v) is 3.68. The Labute approximate surface area is 154 Å². The lowest BCUT2D eigenvalue weighted by Crippen LogP contribution is -2.14. The predicted octanol–water partition coefficient (Wildman–Crippen LogP) is 3.58. The second-order valence-corrected chi connectivity index (χ2v) is 5.59. The molecule has 0 aliphatic carbocycles. The maximum Gasteiger partial charge on any atom is 0.267 e. The van der Waals surface area contributed by atoms with Crippen molar-refractivity contribution in [2.24, 2.45) is 5.73 Å². The summed E-state index contributed by atoms with van der Waals surface area (Å²) in [4.78, 5) is 15.4. The minimum absolute atomic E-state index is 0.0673. The number of primary amides is 1. The predicted molar refractivity (Wildman–Crippen MR) is 95.5 cm³/mol. The zero-order valence-electron chi connectivity index (χ0n) is 14.2. The summed E-state index contributed by atoms with van der Waals surface area (Å²) < 4.78 is 37.4. The summed E-state index contributed by atoms with van der Waals surface area (Å²) in [5, 5.41) is 0. The number of hydrogen-bond donors (Lipinski definition) is 1. The van der Waals surface area contributed by atoms with Gasteiger partial charge < -0.3 is 15.2 Å². The topological polar surface area (TPSA) is 74.4 Å². The van der Waals surface area contributed by atoms with E-state index in [0.717, 1.165) is 0 Å². The largest absolute Gasteiger partial charge is 0.490 e. The van der Waals surface area contributed by atoms with Gasteiger partial charge in [-0.25, -0.2) is 13.8 Å². The van der Waals surface area contributed by atoms with Gasteiger partial charge >= 0.3 is 0 Å². The Hall–Kier alpha value is -3.48. The molecule has 0 saturated heterocycles. The SMILES string of the molecule is NC(=O)c1cc(-c2ccc(F)cc2)c(OCCOc2cccc(F)c2)cn1.